The lowest BCUT2D eigenvalue weighted by atomic mass is 9.95. The first-order valence-corrected chi connectivity index (χ1v) is 6.94. The third kappa shape index (κ3) is 4.19. The first kappa shape index (κ1) is 15.3. The number of benzene rings is 1. The summed E-state index contributed by atoms with van der Waals surface area (Å²) < 4.78 is 5.36. The topological polar surface area (TPSA) is 87.7 Å². The molecule has 1 aliphatic rings. The predicted molar refractivity (Wildman–Crippen MR) is 76.9 cm³/mol. The van der Waals surface area contributed by atoms with Crippen molar-refractivity contribution < 1.29 is 19.4 Å². The maximum absolute atomic E-state index is 12.1. The second-order valence-corrected chi connectivity index (χ2v) is 5.50. The van der Waals surface area contributed by atoms with Gasteiger partial charge in [0.05, 0.1) is 12.1 Å². The van der Waals surface area contributed by atoms with Crippen LogP contribution in [0.15, 0.2) is 30.3 Å². The van der Waals surface area contributed by atoms with Crippen molar-refractivity contribution in [3.05, 3.63) is 35.9 Å². The van der Waals surface area contributed by atoms with Crippen LogP contribution in [-0.4, -0.2) is 35.9 Å². The molecule has 1 aliphatic heterocycles. The molecule has 21 heavy (non-hydrogen) atoms. The zero-order valence-electron chi connectivity index (χ0n) is 12.0. The maximum Gasteiger partial charge on any atom is 0.330 e. The third-order valence-electron chi connectivity index (χ3n) is 3.51. The molecule has 6 heteroatoms. The summed E-state index contributed by atoms with van der Waals surface area (Å²) in [6.07, 6.45) is 1.68. The molecule has 2 amide bonds. The molecule has 0 bridgehead atoms. The molecule has 0 aromatic heterocycles. The second kappa shape index (κ2) is 6.58. The minimum atomic E-state index is -1.10. The van der Waals surface area contributed by atoms with Crippen LogP contribution >= 0.6 is 0 Å². The smallest absolute Gasteiger partial charge is 0.330 e. The largest absolute Gasteiger partial charge is 0.479 e. The Balaban J connectivity index is 2.00. The normalized spacial score (nSPS) is 23.1. The van der Waals surface area contributed by atoms with Crippen molar-refractivity contribution in [1.82, 2.24) is 10.6 Å². The number of nitrogens with one attached hydrogen (secondary N) is 2. The van der Waals surface area contributed by atoms with Gasteiger partial charge >= 0.3 is 12.0 Å². The lowest BCUT2D eigenvalue weighted by molar-refractivity contribution is -0.139. The highest BCUT2D eigenvalue weighted by molar-refractivity contribution is 5.84. The van der Waals surface area contributed by atoms with Crippen molar-refractivity contribution in [1.29, 1.82) is 0 Å². The number of carbonyl (C=O) groups is 2. The molecule has 1 heterocycles. The first-order chi connectivity index (χ1) is 10.0. The lowest BCUT2D eigenvalue weighted by Gasteiger charge is -2.34. The Morgan fingerprint density at radius 3 is 2.62 bits per heavy atom. The van der Waals surface area contributed by atoms with Gasteiger partial charge in [-0.25, -0.2) is 9.59 Å². The van der Waals surface area contributed by atoms with E-state index in [4.69, 9.17) is 4.74 Å². The van der Waals surface area contributed by atoms with Crippen molar-refractivity contribution >= 4 is 12.0 Å². The SMILES string of the molecule is CC1(NC(=O)NC(C(=O)O)c2ccccc2)CCCOC1. The van der Waals surface area contributed by atoms with Crippen molar-refractivity contribution in [3.8, 4) is 0 Å². The number of urea groups is 1. The van der Waals surface area contributed by atoms with E-state index >= 15 is 0 Å². The fourth-order valence-corrected chi connectivity index (χ4v) is 2.41. The van der Waals surface area contributed by atoms with Crippen molar-refractivity contribution in [2.45, 2.75) is 31.3 Å². The van der Waals surface area contributed by atoms with E-state index in [1.165, 1.54) is 0 Å². The molecular formula is C15H20N2O4. The van der Waals surface area contributed by atoms with E-state index in [1.807, 2.05) is 6.92 Å². The Bertz CT molecular complexity index is 498. The number of carboxylic acids is 1. The summed E-state index contributed by atoms with van der Waals surface area (Å²) in [5.41, 5.74) is 0.0763. The second-order valence-electron chi connectivity index (χ2n) is 5.50. The van der Waals surface area contributed by atoms with Crippen LogP contribution in [0.5, 0.6) is 0 Å². The van der Waals surface area contributed by atoms with E-state index in [1.54, 1.807) is 30.3 Å². The van der Waals surface area contributed by atoms with Crippen LogP contribution in [0.2, 0.25) is 0 Å². The highest BCUT2D eigenvalue weighted by Gasteiger charge is 2.31. The summed E-state index contributed by atoms with van der Waals surface area (Å²) in [7, 11) is 0. The minimum Gasteiger partial charge on any atom is -0.479 e. The van der Waals surface area contributed by atoms with Crippen LogP contribution in [0.3, 0.4) is 0 Å². The molecule has 0 spiro atoms. The Morgan fingerprint density at radius 1 is 1.33 bits per heavy atom. The number of rotatable bonds is 4. The Hall–Kier alpha value is -2.08. The van der Waals surface area contributed by atoms with Crippen LogP contribution in [0.25, 0.3) is 0 Å². The molecule has 2 rings (SSSR count). The summed E-state index contributed by atoms with van der Waals surface area (Å²) >= 11 is 0. The van der Waals surface area contributed by atoms with Crippen molar-refractivity contribution in [2.24, 2.45) is 0 Å². The standard InChI is InChI=1S/C15H20N2O4/c1-15(8-5-9-21-10-15)17-14(20)16-12(13(18)19)11-6-3-2-4-7-11/h2-4,6-7,12H,5,8-10H2,1H3,(H,18,19)(H2,16,17,20). The molecule has 6 nitrogen and oxygen atoms in total. The van der Waals surface area contributed by atoms with E-state index in [0.29, 0.717) is 18.8 Å². The Kier molecular flexibility index (Phi) is 4.80. The van der Waals surface area contributed by atoms with Crippen molar-refractivity contribution in [3.63, 3.8) is 0 Å². The molecule has 0 aliphatic carbocycles. The number of carboxylic acid groups (broad SMARTS) is 1. The van der Waals surface area contributed by atoms with Gasteiger partial charge in [-0.15, -0.1) is 0 Å². The summed E-state index contributed by atoms with van der Waals surface area (Å²) in [6, 6.07) is 7.04. The monoisotopic (exact) mass is 292 g/mol. The average Bonchev–Trinajstić information content (AvgIpc) is 2.45. The van der Waals surface area contributed by atoms with Crippen LogP contribution in [0.1, 0.15) is 31.4 Å². The predicted octanol–water partition coefficient (Wildman–Crippen LogP) is 1.68. The van der Waals surface area contributed by atoms with Gasteiger partial charge in [0.15, 0.2) is 6.04 Å². The highest BCUT2D eigenvalue weighted by atomic mass is 16.5. The molecule has 0 saturated carbocycles. The zero-order valence-corrected chi connectivity index (χ0v) is 12.0. The van der Waals surface area contributed by atoms with Crippen LogP contribution < -0.4 is 10.6 Å². The van der Waals surface area contributed by atoms with Gasteiger partial charge in [-0.2, -0.15) is 0 Å². The molecule has 1 fully saturated rings. The first-order valence-electron chi connectivity index (χ1n) is 6.94. The number of carbonyl (C=O) groups excluding carboxylic acids is 1. The van der Waals surface area contributed by atoms with E-state index in [2.05, 4.69) is 10.6 Å². The molecule has 2 atom stereocenters. The summed E-state index contributed by atoms with van der Waals surface area (Å²) in [6.45, 7) is 3.02. The lowest BCUT2D eigenvalue weighted by Crippen LogP contribution is -2.55. The van der Waals surface area contributed by atoms with Gasteiger partial charge in [-0.3, -0.25) is 0 Å². The van der Waals surface area contributed by atoms with E-state index < -0.39 is 23.6 Å². The van der Waals surface area contributed by atoms with Crippen molar-refractivity contribution in [2.75, 3.05) is 13.2 Å². The van der Waals surface area contributed by atoms with E-state index in [-0.39, 0.29) is 0 Å². The van der Waals surface area contributed by atoms with Gasteiger partial charge < -0.3 is 20.5 Å². The average molecular weight is 292 g/mol. The summed E-state index contributed by atoms with van der Waals surface area (Å²) in [4.78, 5) is 23.4. The summed E-state index contributed by atoms with van der Waals surface area (Å²) in [5.74, 6) is -1.10. The number of aliphatic carboxylic acids is 1. The molecule has 2 unspecified atom stereocenters. The number of ether oxygens (including phenoxy) is 1. The van der Waals surface area contributed by atoms with E-state index in [0.717, 1.165) is 12.8 Å². The Morgan fingerprint density at radius 2 is 2.05 bits per heavy atom. The number of hydrogen-bond acceptors (Lipinski definition) is 3. The van der Waals surface area contributed by atoms with Crippen LogP contribution in [0, 0.1) is 0 Å². The number of amides is 2. The van der Waals surface area contributed by atoms with Crippen LogP contribution in [-0.2, 0) is 9.53 Å². The minimum absolute atomic E-state index is 0.434. The highest BCUT2D eigenvalue weighted by Crippen LogP contribution is 2.19. The molecular weight excluding hydrogens is 272 g/mol. The fraction of sp³-hybridized carbons (Fsp3) is 0.467. The zero-order chi connectivity index (χ0) is 15.3. The van der Waals surface area contributed by atoms with Gasteiger partial charge in [0.25, 0.3) is 0 Å². The van der Waals surface area contributed by atoms with Gasteiger partial charge in [-0.05, 0) is 25.3 Å². The van der Waals surface area contributed by atoms with Crippen LogP contribution in [0.4, 0.5) is 4.79 Å². The number of hydrogen-bond donors (Lipinski definition) is 3. The molecule has 0 radical (unpaired) electrons. The maximum atomic E-state index is 12.1. The third-order valence-corrected chi connectivity index (χ3v) is 3.51. The Labute approximate surface area is 123 Å². The molecule has 114 valence electrons. The van der Waals surface area contributed by atoms with Gasteiger partial charge in [-0.1, -0.05) is 30.3 Å². The van der Waals surface area contributed by atoms with Gasteiger partial charge in [0, 0.05) is 6.61 Å². The van der Waals surface area contributed by atoms with E-state index in [9.17, 15) is 14.7 Å². The molecule has 3 N–H and O–H groups in total. The molecule has 1 aromatic rings. The van der Waals surface area contributed by atoms with Gasteiger partial charge in [0.2, 0.25) is 0 Å². The fourth-order valence-electron chi connectivity index (χ4n) is 2.41. The molecule has 1 aromatic carbocycles. The quantitative estimate of drug-likeness (QED) is 0.788. The summed E-state index contributed by atoms with van der Waals surface area (Å²) in [5, 5.41) is 14.6. The molecule has 1 saturated heterocycles. The van der Waals surface area contributed by atoms with Gasteiger partial charge in [0.1, 0.15) is 0 Å².